The Balaban J connectivity index is 1.95. The first-order valence-electron chi connectivity index (χ1n) is 5.57. The van der Waals surface area contributed by atoms with E-state index in [1.807, 2.05) is 0 Å². The molecule has 0 radical (unpaired) electrons. The van der Waals surface area contributed by atoms with Gasteiger partial charge in [-0.25, -0.2) is 0 Å². The molecule has 1 aliphatic heterocycles. The number of nitrogens with one attached hydrogen (secondary N) is 1. The van der Waals surface area contributed by atoms with Crippen molar-refractivity contribution in [2.45, 2.75) is 45.2 Å². The highest BCUT2D eigenvalue weighted by atomic mass is 15.2. The van der Waals surface area contributed by atoms with Gasteiger partial charge < -0.3 is 5.32 Å². The van der Waals surface area contributed by atoms with Gasteiger partial charge in [0.2, 0.25) is 0 Å². The standard InChI is InChI=1S/C11H22N2/c1-9-7-10(9)13-6-4-5-12-11(2,3)8-13/h9-10,12H,4-8H2,1-3H3. The zero-order valence-electron chi connectivity index (χ0n) is 9.14. The molecule has 2 nitrogen and oxygen atoms in total. The number of hydrogen-bond donors (Lipinski definition) is 1. The Morgan fingerprint density at radius 3 is 2.69 bits per heavy atom. The molecular weight excluding hydrogens is 160 g/mol. The van der Waals surface area contributed by atoms with Crippen molar-refractivity contribution >= 4 is 0 Å². The average Bonchev–Trinajstić information content (AvgIpc) is 2.74. The molecule has 1 saturated heterocycles. The monoisotopic (exact) mass is 182 g/mol. The highest BCUT2D eigenvalue weighted by molar-refractivity contribution is 4.96. The zero-order valence-corrected chi connectivity index (χ0v) is 9.14. The number of rotatable bonds is 1. The summed E-state index contributed by atoms with van der Waals surface area (Å²) in [6.45, 7) is 10.7. The second kappa shape index (κ2) is 3.25. The summed E-state index contributed by atoms with van der Waals surface area (Å²) >= 11 is 0. The van der Waals surface area contributed by atoms with Gasteiger partial charge in [0.25, 0.3) is 0 Å². The Labute approximate surface area is 81.7 Å². The molecule has 0 amide bonds. The predicted molar refractivity (Wildman–Crippen MR) is 55.8 cm³/mol. The van der Waals surface area contributed by atoms with Gasteiger partial charge in [-0.15, -0.1) is 0 Å². The summed E-state index contributed by atoms with van der Waals surface area (Å²) < 4.78 is 0. The second-order valence-electron chi connectivity index (χ2n) is 5.42. The van der Waals surface area contributed by atoms with E-state index in [4.69, 9.17) is 0 Å². The molecule has 2 heteroatoms. The first kappa shape index (κ1) is 9.47. The van der Waals surface area contributed by atoms with E-state index in [1.54, 1.807) is 0 Å². The molecule has 2 unspecified atom stereocenters. The molecule has 76 valence electrons. The lowest BCUT2D eigenvalue weighted by Gasteiger charge is -2.30. The Bertz CT molecular complexity index is 189. The largest absolute Gasteiger partial charge is 0.310 e. The smallest absolute Gasteiger partial charge is 0.0252 e. The van der Waals surface area contributed by atoms with Gasteiger partial charge in [0.05, 0.1) is 0 Å². The fourth-order valence-electron chi connectivity index (χ4n) is 2.45. The van der Waals surface area contributed by atoms with E-state index in [2.05, 4.69) is 31.0 Å². The van der Waals surface area contributed by atoms with Crippen molar-refractivity contribution in [1.29, 1.82) is 0 Å². The maximum Gasteiger partial charge on any atom is 0.0252 e. The van der Waals surface area contributed by atoms with Gasteiger partial charge in [-0.05, 0) is 45.7 Å². The molecule has 2 fully saturated rings. The van der Waals surface area contributed by atoms with Crippen LogP contribution in [0.15, 0.2) is 0 Å². The Kier molecular flexibility index (Phi) is 2.37. The minimum atomic E-state index is 0.318. The van der Waals surface area contributed by atoms with Crippen LogP contribution < -0.4 is 5.32 Å². The number of nitrogens with zero attached hydrogens (tertiary/aromatic N) is 1. The summed E-state index contributed by atoms with van der Waals surface area (Å²) in [4.78, 5) is 2.69. The molecular formula is C11H22N2. The van der Waals surface area contributed by atoms with Gasteiger partial charge in [0.15, 0.2) is 0 Å². The lowest BCUT2D eigenvalue weighted by atomic mass is 10.1. The molecule has 0 aromatic heterocycles. The third kappa shape index (κ3) is 2.23. The minimum absolute atomic E-state index is 0.318. The molecule has 2 atom stereocenters. The van der Waals surface area contributed by atoms with E-state index in [9.17, 15) is 0 Å². The highest BCUT2D eigenvalue weighted by Crippen LogP contribution is 2.36. The molecule has 0 aromatic carbocycles. The lowest BCUT2D eigenvalue weighted by Crippen LogP contribution is -2.47. The molecule has 2 aliphatic rings. The van der Waals surface area contributed by atoms with Crippen molar-refractivity contribution in [2.24, 2.45) is 5.92 Å². The van der Waals surface area contributed by atoms with Crippen molar-refractivity contribution in [3.63, 3.8) is 0 Å². The second-order valence-corrected chi connectivity index (χ2v) is 5.42. The maximum atomic E-state index is 3.61. The molecule has 1 heterocycles. The van der Waals surface area contributed by atoms with Crippen LogP contribution in [-0.2, 0) is 0 Å². The normalized spacial score (nSPS) is 39.9. The predicted octanol–water partition coefficient (Wildman–Crippen LogP) is 1.47. The topological polar surface area (TPSA) is 15.3 Å². The molecule has 1 saturated carbocycles. The first-order valence-corrected chi connectivity index (χ1v) is 5.57. The van der Waals surface area contributed by atoms with Crippen LogP contribution in [-0.4, -0.2) is 36.1 Å². The van der Waals surface area contributed by atoms with Crippen LogP contribution in [0.25, 0.3) is 0 Å². The van der Waals surface area contributed by atoms with Crippen molar-refractivity contribution in [3.8, 4) is 0 Å². The molecule has 1 aliphatic carbocycles. The third-order valence-corrected chi connectivity index (χ3v) is 3.36. The van der Waals surface area contributed by atoms with E-state index < -0.39 is 0 Å². The van der Waals surface area contributed by atoms with Gasteiger partial charge in [-0.2, -0.15) is 0 Å². The highest BCUT2D eigenvalue weighted by Gasteiger charge is 2.40. The van der Waals surface area contributed by atoms with E-state index >= 15 is 0 Å². The Morgan fingerprint density at radius 2 is 2.08 bits per heavy atom. The summed E-state index contributed by atoms with van der Waals surface area (Å²) in [6, 6.07) is 0.902. The Hall–Kier alpha value is -0.0800. The van der Waals surface area contributed by atoms with Gasteiger partial charge >= 0.3 is 0 Å². The SMILES string of the molecule is CC1CC1N1CCCNC(C)(C)C1. The Morgan fingerprint density at radius 1 is 1.38 bits per heavy atom. The van der Waals surface area contributed by atoms with Crippen molar-refractivity contribution in [3.05, 3.63) is 0 Å². The molecule has 2 rings (SSSR count). The maximum absolute atomic E-state index is 3.61. The summed E-state index contributed by atoms with van der Waals surface area (Å²) in [5.41, 5.74) is 0.318. The van der Waals surface area contributed by atoms with Crippen LogP contribution in [0.5, 0.6) is 0 Å². The van der Waals surface area contributed by atoms with Crippen LogP contribution >= 0.6 is 0 Å². The molecule has 13 heavy (non-hydrogen) atoms. The van der Waals surface area contributed by atoms with E-state index in [0.29, 0.717) is 5.54 Å². The summed E-state index contributed by atoms with van der Waals surface area (Å²) in [7, 11) is 0. The summed E-state index contributed by atoms with van der Waals surface area (Å²) in [5.74, 6) is 0.953. The molecule has 1 N–H and O–H groups in total. The summed E-state index contributed by atoms with van der Waals surface area (Å²) in [5, 5.41) is 3.61. The zero-order chi connectivity index (χ0) is 9.47. The third-order valence-electron chi connectivity index (χ3n) is 3.36. The molecule has 0 bridgehead atoms. The van der Waals surface area contributed by atoms with E-state index in [1.165, 1.54) is 32.5 Å². The fourth-order valence-corrected chi connectivity index (χ4v) is 2.45. The van der Waals surface area contributed by atoms with Gasteiger partial charge in [-0.3, -0.25) is 4.90 Å². The van der Waals surface area contributed by atoms with Crippen LogP contribution in [0.1, 0.15) is 33.6 Å². The van der Waals surface area contributed by atoms with Crippen molar-refractivity contribution < 1.29 is 0 Å². The van der Waals surface area contributed by atoms with E-state index in [-0.39, 0.29) is 0 Å². The van der Waals surface area contributed by atoms with Gasteiger partial charge in [0.1, 0.15) is 0 Å². The van der Waals surface area contributed by atoms with E-state index in [0.717, 1.165) is 12.0 Å². The van der Waals surface area contributed by atoms with Crippen molar-refractivity contribution in [1.82, 2.24) is 10.2 Å². The first-order chi connectivity index (χ1) is 6.08. The van der Waals surface area contributed by atoms with Crippen LogP contribution in [0.3, 0.4) is 0 Å². The van der Waals surface area contributed by atoms with Crippen LogP contribution in [0.4, 0.5) is 0 Å². The van der Waals surface area contributed by atoms with Gasteiger partial charge in [-0.1, -0.05) is 6.92 Å². The van der Waals surface area contributed by atoms with Crippen LogP contribution in [0, 0.1) is 5.92 Å². The quantitative estimate of drug-likeness (QED) is 0.660. The minimum Gasteiger partial charge on any atom is -0.310 e. The molecule has 0 aromatic rings. The number of hydrogen-bond acceptors (Lipinski definition) is 2. The van der Waals surface area contributed by atoms with Crippen LogP contribution in [0.2, 0.25) is 0 Å². The summed E-state index contributed by atoms with van der Waals surface area (Å²) in [6.07, 6.45) is 2.74. The van der Waals surface area contributed by atoms with Gasteiger partial charge in [0, 0.05) is 18.1 Å². The fraction of sp³-hybridized carbons (Fsp3) is 1.00. The van der Waals surface area contributed by atoms with Crippen molar-refractivity contribution in [2.75, 3.05) is 19.6 Å². The average molecular weight is 182 g/mol. The molecule has 0 spiro atoms. The lowest BCUT2D eigenvalue weighted by molar-refractivity contribution is 0.215.